The Morgan fingerprint density at radius 2 is 2.14 bits per heavy atom. The van der Waals surface area contributed by atoms with Gasteiger partial charge in [-0.15, -0.1) is 0 Å². The van der Waals surface area contributed by atoms with Crippen LogP contribution >= 0.6 is 0 Å². The molecule has 0 saturated heterocycles. The minimum absolute atomic E-state index is 0.105. The Morgan fingerprint density at radius 1 is 1.50 bits per heavy atom. The van der Waals surface area contributed by atoms with Gasteiger partial charge in [0, 0.05) is 6.07 Å². The Balaban J connectivity index is 3.27. The lowest BCUT2D eigenvalue weighted by atomic mass is 10.0. The topological polar surface area (TPSA) is 66.9 Å². The quantitative estimate of drug-likeness (QED) is 0.530. The predicted molar refractivity (Wildman–Crippen MR) is 51.5 cm³/mol. The highest BCUT2D eigenvalue weighted by Crippen LogP contribution is 2.22. The molecule has 0 saturated carbocycles. The van der Waals surface area contributed by atoms with E-state index in [0.717, 1.165) is 11.5 Å². The van der Waals surface area contributed by atoms with Crippen LogP contribution in [0.5, 0.6) is 0 Å². The van der Waals surface area contributed by atoms with Crippen molar-refractivity contribution in [1.82, 2.24) is 0 Å². The van der Waals surface area contributed by atoms with E-state index in [-0.39, 0.29) is 11.3 Å². The van der Waals surface area contributed by atoms with Gasteiger partial charge < -0.3 is 0 Å². The smallest absolute Gasteiger partial charge is 0.258 e. The molecule has 0 bridgehead atoms. The van der Waals surface area contributed by atoms with Gasteiger partial charge in [0.2, 0.25) is 0 Å². The van der Waals surface area contributed by atoms with Crippen molar-refractivity contribution >= 4 is 5.69 Å². The van der Waals surface area contributed by atoms with Crippen molar-refractivity contribution in [2.75, 3.05) is 0 Å². The number of nitro groups is 1. The monoisotopic (exact) mass is 189 g/mol. The molecular formula is C10H9N2O2. The number of nitro benzene ring substituents is 1. The summed E-state index contributed by atoms with van der Waals surface area (Å²) >= 11 is 0. The molecule has 1 aromatic carbocycles. The molecule has 0 atom stereocenters. The fourth-order valence-corrected chi connectivity index (χ4v) is 1.10. The lowest BCUT2D eigenvalue weighted by molar-refractivity contribution is -0.385. The average molecular weight is 189 g/mol. The summed E-state index contributed by atoms with van der Waals surface area (Å²) in [5, 5.41) is 19.2. The molecule has 0 aliphatic carbocycles. The van der Waals surface area contributed by atoms with E-state index in [1.165, 1.54) is 12.1 Å². The Bertz CT molecular complexity index is 405. The van der Waals surface area contributed by atoms with Crippen LogP contribution in [0.15, 0.2) is 18.2 Å². The van der Waals surface area contributed by atoms with Crippen LogP contribution in [-0.2, 0) is 0 Å². The summed E-state index contributed by atoms with van der Waals surface area (Å²) in [6.07, 6.45) is 0. The fourth-order valence-electron chi connectivity index (χ4n) is 1.10. The normalized spacial score (nSPS) is 9.86. The molecule has 4 heteroatoms. The molecule has 0 aromatic heterocycles. The summed E-state index contributed by atoms with van der Waals surface area (Å²) in [7, 11) is 0. The Morgan fingerprint density at radius 3 is 2.57 bits per heavy atom. The van der Waals surface area contributed by atoms with Crippen LogP contribution in [-0.4, -0.2) is 4.92 Å². The third kappa shape index (κ3) is 1.88. The number of rotatable bonds is 2. The van der Waals surface area contributed by atoms with Crippen molar-refractivity contribution in [2.24, 2.45) is 0 Å². The first-order valence-corrected chi connectivity index (χ1v) is 4.05. The summed E-state index contributed by atoms with van der Waals surface area (Å²) in [6, 6.07) is 6.36. The van der Waals surface area contributed by atoms with Crippen LogP contribution in [0.2, 0.25) is 0 Å². The second-order valence-corrected chi connectivity index (χ2v) is 3.10. The first-order chi connectivity index (χ1) is 6.56. The second-order valence-electron chi connectivity index (χ2n) is 3.10. The van der Waals surface area contributed by atoms with Gasteiger partial charge in [-0.3, -0.25) is 10.1 Å². The van der Waals surface area contributed by atoms with Crippen molar-refractivity contribution in [3.63, 3.8) is 0 Å². The molecule has 71 valence electrons. The molecule has 0 fully saturated rings. The van der Waals surface area contributed by atoms with Crippen molar-refractivity contribution in [2.45, 2.75) is 13.8 Å². The van der Waals surface area contributed by atoms with Crippen LogP contribution in [0.25, 0.3) is 0 Å². The zero-order valence-corrected chi connectivity index (χ0v) is 7.94. The molecule has 0 N–H and O–H groups in total. The lowest BCUT2D eigenvalue weighted by Gasteiger charge is -2.04. The van der Waals surface area contributed by atoms with Gasteiger partial charge in [-0.05, 0) is 17.5 Å². The summed E-state index contributed by atoms with van der Waals surface area (Å²) in [6.45, 7) is 3.78. The van der Waals surface area contributed by atoms with Gasteiger partial charge in [0.1, 0.15) is 11.6 Å². The van der Waals surface area contributed by atoms with Crippen LogP contribution in [0.1, 0.15) is 25.0 Å². The molecule has 0 heterocycles. The van der Waals surface area contributed by atoms with E-state index >= 15 is 0 Å². The standard InChI is InChI=1S/C10H9N2O2/c1-7(2)8-3-4-10(12(13)14)9(5-8)6-11/h3-5H,1-2H3. The van der Waals surface area contributed by atoms with Gasteiger partial charge in [-0.2, -0.15) is 5.26 Å². The van der Waals surface area contributed by atoms with E-state index in [0.29, 0.717) is 0 Å². The van der Waals surface area contributed by atoms with E-state index in [9.17, 15) is 10.1 Å². The third-order valence-electron chi connectivity index (χ3n) is 1.89. The highest BCUT2D eigenvalue weighted by Gasteiger charge is 2.14. The number of hydrogen-bond donors (Lipinski definition) is 0. The zero-order chi connectivity index (χ0) is 10.7. The van der Waals surface area contributed by atoms with Crippen molar-refractivity contribution < 1.29 is 4.92 Å². The minimum Gasteiger partial charge on any atom is -0.258 e. The molecule has 0 unspecified atom stereocenters. The third-order valence-corrected chi connectivity index (χ3v) is 1.89. The maximum atomic E-state index is 10.5. The lowest BCUT2D eigenvalue weighted by Crippen LogP contribution is -1.95. The van der Waals surface area contributed by atoms with E-state index in [4.69, 9.17) is 5.26 Å². The van der Waals surface area contributed by atoms with E-state index in [2.05, 4.69) is 0 Å². The fraction of sp³-hybridized carbons (Fsp3) is 0.200. The van der Waals surface area contributed by atoms with Crippen molar-refractivity contribution in [1.29, 1.82) is 5.26 Å². The molecule has 1 radical (unpaired) electrons. The summed E-state index contributed by atoms with van der Waals surface area (Å²) in [4.78, 5) is 9.96. The summed E-state index contributed by atoms with van der Waals surface area (Å²) in [5.41, 5.74) is 0.818. The molecule has 0 aliphatic heterocycles. The summed E-state index contributed by atoms with van der Waals surface area (Å²) < 4.78 is 0. The highest BCUT2D eigenvalue weighted by molar-refractivity contribution is 5.52. The maximum absolute atomic E-state index is 10.5. The van der Waals surface area contributed by atoms with Gasteiger partial charge in [-0.25, -0.2) is 0 Å². The summed E-state index contributed by atoms with van der Waals surface area (Å²) in [5.74, 6) is 1.02. The SMILES string of the molecule is C[C](C)c1ccc([N+](=O)[O-])c(C#N)c1. The van der Waals surface area contributed by atoms with Gasteiger partial charge in [0.15, 0.2) is 0 Å². The molecular weight excluding hydrogens is 180 g/mol. The minimum atomic E-state index is -0.548. The largest absolute Gasteiger partial charge is 0.287 e. The molecule has 1 aromatic rings. The molecule has 0 amide bonds. The van der Waals surface area contributed by atoms with Crippen LogP contribution in [0.4, 0.5) is 5.69 Å². The molecule has 14 heavy (non-hydrogen) atoms. The van der Waals surface area contributed by atoms with Crippen LogP contribution < -0.4 is 0 Å². The second kappa shape index (κ2) is 3.88. The van der Waals surface area contributed by atoms with E-state index < -0.39 is 4.92 Å². The first-order valence-electron chi connectivity index (χ1n) is 4.05. The predicted octanol–water partition coefficient (Wildman–Crippen LogP) is 2.43. The van der Waals surface area contributed by atoms with Crippen LogP contribution in [0, 0.1) is 27.4 Å². The number of hydrogen-bond acceptors (Lipinski definition) is 3. The van der Waals surface area contributed by atoms with Crippen LogP contribution in [0.3, 0.4) is 0 Å². The molecule has 1 rings (SSSR count). The van der Waals surface area contributed by atoms with Gasteiger partial charge in [-0.1, -0.05) is 19.9 Å². The molecule has 0 spiro atoms. The van der Waals surface area contributed by atoms with Gasteiger partial charge in [0.05, 0.1) is 4.92 Å². The Hall–Kier alpha value is -1.89. The number of nitrogens with zero attached hydrogens (tertiary/aromatic N) is 2. The van der Waals surface area contributed by atoms with E-state index in [1.54, 1.807) is 6.07 Å². The zero-order valence-electron chi connectivity index (χ0n) is 7.94. The molecule has 0 aliphatic rings. The molecule has 4 nitrogen and oxygen atoms in total. The number of benzene rings is 1. The van der Waals surface area contributed by atoms with E-state index in [1.807, 2.05) is 19.9 Å². The van der Waals surface area contributed by atoms with Crippen molar-refractivity contribution in [3.05, 3.63) is 45.4 Å². The first kappa shape index (κ1) is 10.2. The average Bonchev–Trinajstić information content (AvgIpc) is 2.16. The Labute approximate surface area is 81.9 Å². The van der Waals surface area contributed by atoms with Crippen molar-refractivity contribution in [3.8, 4) is 6.07 Å². The highest BCUT2D eigenvalue weighted by atomic mass is 16.6. The van der Waals surface area contributed by atoms with Gasteiger partial charge in [0.25, 0.3) is 5.69 Å². The Kier molecular flexibility index (Phi) is 2.82. The number of nitriles is 1. The van der Waals surface area contributed by atoms with Gasteiger partial charge >= 0.3 is 0 Å². The maximum Gasteiger partial charge on any atom is 0.287 e.